The van der Waals surface area contributed by atoms with Crippen LogP contribution in [0.3, 0.4) is 0 Å². The highest BCUT2D eigenvalue weighted by Gasteiger charge is 2.38. The molecular weight excluding hydrogens is 493 g/mol. The van der Waals surface area contributed by atoms with Crippen LogP contribution in [0.4, 0.5) is 13.2 Å². The summed E-state index contributed by atoms with van der Waals surface area (Å²) in [5.41, 5.74) is 1.70. The zero-order valence-electron chi connectivity index (χ0n) is 19.5. The number of amides is 2. The summed E-state index contributed by atoms with van der Waals surface area (Å²) in [4.78, 5) is 31.1. The number of hydrogen-bond acceptors (Lipinski definition) is 7. The molecule has 4 aromatic rings. The first-order valence-electron chi connectivity index (χ1n) is 11.3. The van der Waals surface area contributed by atoms with Crippen LogP contribution in [0.15, 0.2) is 53.1 Å². The van der Waals surface area contributed by atoms with Crippen molar-refractivity contribution in [3.8, 4) is 11.4 Å². The number of para-hydroxylation sites is 1. The van der Waals surface area contributed by atoms with Gasteiger partial charge in [-0.3, -0.25) is 14.3 Å². The second kappa shape index (κ2) is 9.65. The van der Waals surface area contributed by atoms with E-state index in [-0.39, 0.29) is 36.0 Å². The molecule has 192 valence electrons. The highest BCUT2D eigenvalue weighted by molar-refractivity contribution is 6.05. The fraction of sp³-hybridized carbons (Fsp3) is 0.292. The third-order valence-electron chi connectivity index (χ3n) is 6.02. The number of morpholine rings is 1. The second-order valence-corrected chi connectivity index (χ2v) is 8.42. The molecule has 37 heavy (non-hydrogen) atoms. The van der Waals surface area contributed by atoms with Gasteiger partial charge in [-0.1, -0.05) is 35.5 Å². The van der Waals surface area contributed by atoms with Crippen LogP contribution in [-0.4, -0.2) is 69.0 Å². The molecule has 2 aromatic heterocycles. The Balaban J connectivity index is 1.25. The smallest absolute Gasteiger partial charge is 0.377 e. The number of ether oxygens (including phenoxy) is 1. The first-order valence-corrected chi connectivity index (χ1v) is 11.3. The van der Waals surface area contributed by atoms with Crippen molar-refractivity contribution in [3.05, 3.63) is 65.7 Å². The summed E-state index contributed by atoms with van der Waals surface area (Å²) in [7, 11) is 1.77. The van der Waals surface area contributed by atoms with Crippen LogP contribution in [0.1, 0.15) is 26.7 Å². The third kappa shape index (κ3) is 4.89. The summed E-state index contributed by atoms with van der Waals surface area (Å²) in [5, 5.41) is 11.3. The van der Waals surface area contributed by atoms with Gasteiger partial charge in [0.2, 0.25) is 5.82 Å². The van der Waals surface area contributed by atoms with Crippen molar-refractivity contribution < 1.29 is 32.0 Å². The van der Waals surface area contributed by atoms with Crippen molar-refractivity contribution in [2.24, 2.45) is 7.05 Å². The van der Waals surface area contributed by atoms with E-state index >= 15 is 0 Å². The number of aryl methyl sites for hydroxylation is 1. The Kier molecular flexibility index (Phi) is 6.38. The Morgan fingerprint density at radius 2 is 1.89 bits per heavy atom. The quantitative estimate of drug-likeness (QED) is 0.436. The summed E-state index contributed by atoms with van der Waals surface area (Å²) in [6.45, 7) is 1.10. The molecule has 1 aliphatic rings. The Morgan fingerprint density at radius 3 is 2.62 bits per heavy atom. The number of fused-ring (bicyclic) bond motifs is 1. The SMILES string of the molecule is Cn1nc(C(=O)N2CCOCC2CNC(=O)c2ccc(-c3noc(C(F)(F)F)n3)cc2)c2ccccc21. The second-order valence-electron chi connectivity index (χ2n) is 8.42. The number of halogens is 3. The minimum atomic E-state index is -4.74. The maximum Gasteiger partial charge on any atom is 0.471 e. The molecule has 1 atom stereocenters. The topological polar surface area (TPSA) is 115 Å². The maximum atomic E-state index is 13.4. The van der Waals surface area contributed by atoms with E-state index in [0.717, 1.165) is 10.9 Å². The standard InChI is InChI=1S/C24H21F3N6O4/c1-32-18-5-3-2-4-17(18)19(30-32)22(35)33-10-11-36-13-16(33)12-28-21(34)15-8-6-14(7-9-15)20-29-23(37-31-20)24(25,26)27/h2-9,16H,10-13H2,1H3,(H,28,34). The van der Waals surface area contributed by atoms with Gasteiger partial charge in [0, 0.05) is 36.7 Å². The van der Waals surface area contributed by atoms with E-state index in [0.29, 0.717) is 18.8 Å². The summed E-state index contributed by atoms with van der Waals surface area (Å²) in [5.74, 6) is -2.36. The van der Waals surface area contributed by atoms with Crippen molar-refractivity contribution in [1.29, 1.82) is 0 Å². The van der Waals surface area contributed by atoms with Crippen LogP contribution >= 0.6 is 0 Å². The number of benzene rings is 2. The predicted molar refractivity (Wildman–Crippen MR) is 123 cm³/mol. The Hall–Kier alpha value is -4.26. The van der Waals surface area contributed by atoms with E-state index < -0.39 is 24.0 Å². The highest BCUT2D eigenvalue weighted by atomic mass is 19.4. The van der Waals surface area contributed by atoms with E-state index in [4.69, 9.17) is 4.74 Å². The van der Waals surface area contributed by atoms with Gasteiger partial charge >= 0.3 is 12.1 Å². The number of nitrogens with one attached hydrogen (secondary N) is 1. The average Bonchev–Trinajstić information content (AvgIpc) is 3.53. The van der Waals surface area contributed by atoms with Gasteiger partial charge < -0.3 is 19.5 Å². The summed E-state index contributed by atoms with van der Waals surface area (Å²) >= 11 is 0. The van der Waals surface area contributed by atoms with Crippen LogP contribution in [0.25, 0.3) is 22.3 Å². The lowest BCUT2D eigenvalue weighted by Gasteiger charge is -2.35. The molecule has 13 heteroatoms. The zero-order chi connectivity index (χ0) is 26.2. The van der Waals surface area contributed by atoms with Gasteiger partial charge in [0.15, 0.2) is 5.69 Å². The molecule has 2 amide bonds. The molecule has 0 aliphatic carbocycles. The lowest BCUT2D eigenvalue weighted by atomic mass is 10.1. The van der Waals surface area contributed by atoms with Gasteiger partial charge in [-0.15, -0.1) is 0 Å². The van der Waals surface area contributed by atoms with Gasteiger partial charge in [0.25, 0.3) is 11.8 Å². The van der Waals surface area contributed by atoms with Gasteiger partial charge in [0.05, 0.1) is 24.8 Å². The number of alkyl halides is 3. The molecule has 5 rings (SSSR count). The van der Waals surface area contributed by atoms with Crippen LogP contribution in [0, 0.1) is 0 Å². The molecule has 10 nitrogen and oxygen atoms in total. The number of carbonyl (C=O) groups is 2. The summed E-state index contributed by atoms with van der Waals surface area (Å²) < 4.78 is 49.5. The highest BCUT2D eigenvalue weighted by Crippen LogP contribution is 2.29. The lowest BCUT2D eigenvalue weighted by molar-refractivity contribution is -0.159. The van der Waals surface area contributed by atoms with E-state index in [1.165, 1.54) is 24.3 Å². The van der Waals surface area contributed by atoms with E-state index in [1.54, 1.807) is 16.6 Å². The Labute approximate surface area is 208 Å². The van der Waals surface area contributed by atoms with Crippen LogP contribution in [-0.2, 0) is 18.0 Å². The van der Waals surface area contributed by atoms with Crippen LogP contribution in [0.5, 0.6) is 0 Å². The molecular formula is C24H21F3N6O4. The molecule has 1 saturated heterocycles. The molecule has 0 radical (unpaired) electrons. The molecule has 2 aromatic carbocycles. The lowest BCUT2D eigenvalue weighted by Crippen LogP contribution is -2.53. The number of nitrogens with zero attached hydrogens (tertiary/aromatic N) is 5. The van der Waals surface area contributed by atoms with E-state index in [9.17, 15) is 22.8 Å². The van der Waals surface area contributed by atoms with Gasteiger partial charge in [-0.05, 0) is 18.2 Å². The van der Waals surface area contributed by atoms with Crippen molar-refractivity contribution >= 4 is 22.7 Å². The van der Waals surface area contributed by atoms with Crippen LogP contribution in [0.2, 0.25) is 0 Å². The molecule has 1 unspecified atom stereocenters. The molecule has 0 spiro atoms. The zero-order valence-corrected chi connectivity index (χ0v) is 19.5. The minimum absolute atomic E-state index is 0.136. The molecule has 0 bridgehead atoms. The van der Waals surface area contributed by atoms with Crippen molar-refractivity contribution in [1.82, 2.24) is 30.1 Å². The normalized spacial score (nSPS) is 16.2. The monoisotopic (exact) mass is 514 g/mol. The van der Waals surface area contributed by atoms with Crippen molar-refractivity contribution in [2.75, 3.05) is 26.3 Å². The average molecular weight is 514 g/mol. The molecule has 1 aliphatic heterocycles. The van der Waals surface area contributed by atoms with E-state index in [2.05, 4.69) is 25.1 Å². The van der Waals surface area contributed by atoms with Gasteiger partial charge in [0.1, 0.15) is 0 Å². The van der Waals surface area contributed by atoms with E-state index in [1.807, 2.05) is 24.3 Å². The number of carbonyl (C=O) groups excluding carboxylic acids is 2. The number of aromatic nitrogens is 4. The van der Waals surface area contributed by atoms with Gasteiger partial charge in [-0.25, -0.2) is 0 Å². The Morgan fingerprint density at radius 1 is 1.14 bits per heavy atom. The largest absolute Gasteiger partial charge is 0.471 e. The molecule has 0 saturated carbocycles. The fourth-order valence-electron chi connectivity index (χ4n) is 4.14. The molecule has 3 heterocycles. The first-order chi connectivity index (χ1) is 17.7. The number of rotatable bonds is 5. The number of hydrogen-bond donors (Lipinski definition) is 1. The molecule has 1 N–H and O–H groups in total. The summed E-state index contributed by atoms with van der Waals surface area (Å²) in [6, 6.07) is 12.8. The molecule has 1 fully saturated rings. The maximum absolute atomic E-state index is 13.4. The van der Waals surface area contributed by atoms with Crippen LogP contribution < -0.4 is 5.32 Å². The fourth-order valence-corrected chi connectivity index (χ4v) is 4.14. The predicted octanol–water partition coefficient (Wildman–Crippen LogP) is 2.91. The first kappa shape index (κ1) is 24.4. The summed E-state index contributed by atoms with van der Waals surface area (Å²) in [6.07, 6.45) is -4.74. The minimum Gasteiger partial charge on any atom is -0.377 e. The Bertz CT molecular complexity index is 1450. The third-order valence-corrected chi connectivity index (χ3v) is 6.02. The van der Waals surface area contributed by atoms with Crippen molar-refractivity contribution in [2.45, 2.75) is 12.2 Å². The van der Waals surface area contributed by atoms with Gasteiger partial charge in [-0.2, -0.15) is 23.3 Å². The van der Waals surface area contributed by atoms with Crippen molar-refractivity contribution in [3.63, 3.8) is 0 Å².